The van der Waals surface area contributed by atoms with E-state index >= 15 is 0 Å². The van der Waals surface area contributed by atoms with Gasteiger partial charge in [0.25, 0.3) is 11.8 Å². The summed E-state index contributed by atoms with van der Waals surface area (Å²) in [7, 11) is 5.18. The van der Waals surface area contributed by atoms with Crippen molar-refractivity contribution >= 4 is 51.9 Å². The SMILES string of the molecule is Cc1nc(NCCCCCC(=O)N(C)CCN2CCC(N(C(=O)O)c3ccccc3-c3ccccc3)CC2)sc1C(=O)N(C)CCN(C)C(=O)CO[C@H]1Cc2ccccc2C12CCN(CC[C@]1(c3ccc(F)cc3)CN(C(=O)c3cc(C(F)(F)F)cc(C(F)(F)F)c3)CO1)CC2. The van der Waals surface area contributed by atoms with Crippen LogP contribution in [-0.4, -0.2) is 188 Å². The quantitative estimate of drug-likeness (QED) is 0.0411. The molecule has 4 heterocycles. The molecule has 0 bridgehead atoms. The van der Waals surface area contributed by atoms with Crippen LogP contribution in [0.3, 0.4) is 0 Å². The Morgan fingerprint density at radius 2 is 1.38 bits per heavy atom. The number of benzene rings is 5. The Bertz CT molecular complexity index is 3660. The van der Waals surface area contributed by atoms with E-state index in [0.717, 1.165) is 59.5 Å². The third kappa shape index (κ3) is 16.7. The summed E-state index contributed by atoms with van der Waals surface area (Å²) in [5.41, 5.74) is 0.144. The van der Waals surface area contributed by atoms with Gasteiger partial charge in [-0.3, -0.25) is 24.1 Å². The second kappa shape index (κ2) is 30.6. The molecular formula is C71H82F7N9O8S. The van der Waals surface area contributed by atoms with Crippen molar-refractivity contribution in [1.29, 1.82) is 0 Å². The third-order valence-electron chi connectivity index (χ3n) is 19.4. The van der Waals surface area contributed by atoms with Crippen LogP contribution < -0.4 is 10.2 Å². The van der Waals surface area contributed by atoms with Gasteiger partial charge >= 0.3 is 18.4 Å². The molecule has 4 aliphatic rings. The van der Waals surface area contributed by atoms with Gasteiger partial charge in [-0.15, -0.1) is 0 Å². The van der Waals surface area contributed by atoms with Crippen molar-refractivity contribution in [2.45, 2.75) is 107 Å². The highest BCUT2D eigenvalue weighted by Crippen LogP contribution is 2.49. The van der Waals surface area contributed by atoms with Crippen molar-refractivity contribution in [2.75, 3.05) is 117 Å². The number of hydrogen-bond acceptors (Lipinski definition) is 12. The van der Waals surface area contributed by atoms with Gasteiger partial charge in [0.2, 0.25) is 11.8 Å². The van der Waals surface area contributed by atoms with E-state index in [1.807, 2.05) is 73.8 Å². The van der Waals surface area contributed by atoms with Gasteiger partial charge in [0.15, 0.2) is 5.13 Å². The van der Waals surface area contributed by atoms with Gasteiger partial charge in [0.1, 0.15) is 29.6 Å². The van der Waals surface area contributed by atoms with Crippen LogP contribution in [0.4, 0.5) is 46.3 Å². The van der Waals surface area contributed by atoms with E-state index < -0.39 is 64.6 Å². The van der Waals surface area contributed by atoms with Crippen LogP contribution in [0.2, 0.25) is 0 Å². The van der Waals surface area contributed by atoms with Crippen LogP contribution in [0.15, 0.2) is 121 Å². The maximum Gasteiger partial charge on any atom is 0.416 e. The summed E-state index contributed by atoms with van der Waals surface area (Å²) in [6, 6.07) is 31.6. The molecule has 5 amide bonds. The molecule has 17 nitrogen and oxygen atoms in total. The molecule has 0 unspecified atom stereocenters. The lowest BCUT2D eigenvalue weighted by molar-refractivity contribution is -0.143. The van der Waals surface area contributed by atoms with Crippen LogP contribution >= 0.6 is 11.3 Å². The number of amides is 5. The molecule has 3 fully saturated rings. The Morgan fingerprint density at radius 3 is 2.06 bits per heavy atom. The molecule has 10 rings (SSSR count). The minimum atomic E-state index is -5.15. The maximum atomic E-state index is 14.3. The summed E-state index contributed by atoms with van der Waals surface area (Å²) < 4.78 is 110. The normalized spacial score (nSPS) is 18.3. The lowest BCUT2D eigenvalue weighted by Gasteiger charge is -2.44. The summed E-state index contributed by atoms with van der Waals surface area (Å²) in [6.45, 7) is 6.40. The number of halogens is 7. The highest BCUT2D eigenvalue weighted by atomic mass is 32.1. The third-order valence-corrected chi connectivity index (χ3v) is 20.5. The molecule has 0 saturated carbocycles. The van der Waals surface area contributed by atoms with E-state index in [4.69, 9.17) is 9.47 Å². The summed E-state index contributed by atoms with van der Waals surface area (Å²) in [4.78, 5) is 84.1. The molecule has 3 aliphatic heterocycles. The van der Waals surface area contributed by atoms with E-state index in [0.29, 0.717) is 117 Å². The number of piperidine rings is 2. The predicted octanol–water partition coefficient (Wildman–Crippen LogP) is 12.3. The van der Waals surface area contributed by atoms with Crippen molar-refractivity contribution in [3.63, 3.8) is 0 Å². The van der Waals surface area contributed by atoms with Crippen LogP contribution in [0.25, 0.3) is 11.1 Å². The maximum absolute atomic E-state index is 14.3. The zero-order valence-electron chi connectivity index (χ0n) is 54.4. The van der Waals surface area contributed by atoms with Crippen molar-refractivity contribution < 1.29 is 69.3 Å². The average molecular weight is 1350 g/mol. The number of fused-ring (bicyclic) bond motifs is 2. The molecule has 1 aliphatic carbocycles. The zero-order chi connectivity index (χ0) is 68.5. The number of carbonyl (C=O) groups excluding carboxylic acids is 4. The fourth-order valence-corrected chi connectivity index (χ4v) is 14.7. The first-order chi connectivity index (χ1) is 45.8. The fraction of sp³-hybridized carbons (Fsp3) is 0.465. The number of nitrogens with zero attached hydrogens (tertiary/aromatic N) is 8. The van der Waals surface area contributed by atoms with Crippen LogP contribution in [0, 0.1) is 12.7 Å². The van der Waals surface area contributed by atoms with Gasteiger partial charge in [0.05, 0.1) is 35.2 Å². The van der Waals surface area contributed by atoms with E-state index in [2.05, 4.69) is 32.2 Å². The fourth-order valence-electron chi connectivity index (χ4n) is 13.7. The van der Waals surface area contributed by atoms with E-state index in [9.17, 15) is 59.8 Å². The number of likely N-dealkylation sites (tertiary alicyclic amines) is 2. The number of para-hydroxylation sites is 1. The number of rotatable bonds is 25. The Kier molecular flexibility index (Phi) is 22.6. The van der Waals surface area contributed by atoms with Gasteiger partial charge in [-0.2, -0.15) is 26.3 Å². The van der Waals surface area contributed by atoms with Crippen LogP contribution in [0.1, 0.15) is 111 Å². The van der Waals surface area contributed by atoms with Gasteiger partial charge in [0, 0.05) is 103 Å². The highest BCUT2D eigenvalue weighted by Gasteiger charge is 2.50. The van der Waals surface area contributed by atoms with Crippen molar-refractivity contribution in [1.82, 2.24) is 34.4 Å². The minimum absolute atomic E-state index is 0.0319. The molecule has 5 aromatic carbocycles. The molecule has 2 atom stereocenters. The number of thiazole rings is 1. The number of carboxylic acid groups (broad SMARTS) is 1. The predicted molar refractivity (Wildman–Crippen MR) is 351 cm³/mol. The van der Waals surface area contributed by atoms with Gasteiger partial charge in [-0.25, -0.2) is 14.2 Å². The number of aryl methyl sites for hydroxylation is 1. The number of nitrogens with one attached hydrogen (secondary N) is 1. The molecule has 6 aromatic rings. The molecule has 1 aromatic heterocycles. The topological polar surface area (TPSA) is 172 Å². The highest BCUT2D eigenvalue weighted by molar-refractivity contribution is 7.17. The molecule has 3 saturated heterocycles. The molecule has 1 spiro atoms. The minimum Gasteiger partial charge on any atom is -0.465 e. The zero-order valence-corrected chi connectivity index (χ0v) is 55.2. The van der Waals surface area contributed by atoms with Crippen molar-refractivity contribution in [3.05, 3.63) is 171 Å². The largest absolute Gasteiger partial charge is 0.465 e. The first kappa shape index (κ1) is 70.8. The number of carbonyl (C=O) groups is 5. The first-order valence-corrected chi connectivity index (χ1v) is 33.4. The Labute approximate surface area is 558 Å². The number of likely N-dealkylation sites (N-methyl/N-ethyl adjacent to an activating group) is 3. The summed E-state index contributed by atoms with van der Waals surface area (Å²) in [5.74, 6) is -2.01. The van der Waals surface area contributed by atoms with Gasteiger partial charge in [-0.05, 0) is 130 Å². The van der Waals surface area contributed by atoms with Gasteiger partial charge in [-0.1, -0.05) is 103 Å². The number of anilines is 2. The van der Waals surface area contributed by atoms with Crippen molar-refractivity contribution in [2.24, 2.45) is 0 Å². The summed E-state index contributed by atoms with van der Waals surface area (Å²) >= 11 is 1.27. The number of aromatic nitrogens is 1. The Hall–Kier alpha value is -7.97. The smallest absolute Gasteiger partial charge is 0.416 e. The average Bonchev–Trinajstić information content (AvgIpc) is 1.59. The molecular weight excluding hydrogens is 1270 g/mol. The Morgan fingerprint density at radius 1 is 0.740 bits per heavy atom. The number of ether oxygens (including phenoxy) is 2. The lowest BCUT2D eigenvalue weighted by Crippen LogP contribution is -2.50. The molecule has 514 valence electrons. The van der Waals surface area contributed by atoms with E-state index in [-0.39, 0.29) is 68.6 Å². The molecule has 25 heteroatoms. The lowest BCUT2D eigenvalue weighted by atomic mass is 9.72. The van der Waals surface area contributed by atoms with Crippen LogP contribution in [0.5, 0.6) is 0 Å². The Balaban J connectivity index is 0.636. The molecule has 2 N–H and O–H groups in total. The second-order valence-electron chi connectivity index (χ2n) is 25.6. The van der Waals surface area contributed by atoms with Crippen LogP contribution in [-0.2, 0) is 48.9 Å². The monoisotopic (exact) mass is 1350 g/mol. The number of alkyl halides is 6. The molecule has 96 heavy (non-hydrogen) atoms. The van der Waals surface area contributed by atoms with Crippen molar-refractivity contribution in [3.8, 4) is 11.1 Å². The standard InChI is InChI=1S/C71H82F7N9O8S/c1-48-63(96-66(80-48)79-31-14-6-9-21-61(88)81(2)39-40-84-32-26-56(27-33-84)87(67(92)93)59-20-13-11-18-57(59)49-15-7-5-8-16-49)65(91)83(4)38-37-82(3)62(89)45-94-60-43-50-17-10-12-19-58(50)68(60)28-34-85(35-29-68)36-30-69(52-22-24-55(72)25-23-52)46-86(47-95-69)64(90)51-41-53(70(73,74)75)44-54(42-51)71(76,77)78/h5,7-8,10-13,15-20,22-25,41-42,44,56,60H,6,9,14,21,26-40,43,45-47H2,1-4H3,(H,79,80)(H,92,93)/t60-,69+/m0/s1. The summed E-state index contributed by atoms with van der Waals surface area (Å²) in [5, 5.41) is 14.3. The van der Waals surface area contributed by atoms with E-state index in [1.165, 1.54) is 40.5 Å². The second-order valence-corrected chi connectivity index (χ2v) is 26.6. The molecule has 0 radical (unpaired) electrons. The van der Waals surface area contributed by atoms with Gasteiger partial charge < -0.3 is 49.3 Å². The number of hydrogen-bond donors (Lipinski definition) is 2. The number of unbranched alkanes of at least 4 members (excludes halogenated alkanes) is 2. The van der Waals surface area contributed by atoms with E-state index in [1.54, 1.807) is 35.7 Å². The summed E-state index contributed by atoms with van der Waals surface area (Å²) in [6.07, 6.45) is -5.31. The first-order valence-electron chi connectivity index (χ1n) is 32.6.